The number of pyridine rings is 1. The Morgan fingerprint density at radius 1 is 1.47 bits per heavy atom. The number of nitrogens with zero attached hydrogens (tertiary/aromatic N) is 1. The Hall–Kier alpha value is -1.17. The number of hydrogen-bond acceptors (Lipinski definition) is 4. The molecule has 4 nitrogen and oxygen atoms in total. The van der Waals surface area contributed by atoms with Crippen LogP contribution in [0.3, 0.4) is 0 Å². The van der Waals surface area contributed by atoms with Gasteiger partial charge < -0.3 is 4.74 Å². The first-order valence-electron chi connectivity index (χ1n) is 6.39. The minimum absolute atomic E-state index is 0.0258. The number of ether oxygens (including phenoxy) is 1. The van der Waals surface area contributed by atoms with Gasteiger partial charge in [-0.2, -0.15) is 0 Å². The van der Waals surface area contributed by atoms with E-state index in [-0.39, 0.29) is 5.69 Å². The lowest BCUT2D eigenvalue weighted by atomic mass is 10.2. The molecule has 2 rings (SSSR count). The summed E-state index contributed by atoms with van der Waals surface area (Å²) in [5.74, 6) is -0.254. The Bertz CT molecular complexity index is 567. The zero-order chi connectivity index (χ0) is 14.1. The first kappa shape index (κ1) is 14.2. The summed E-state index contributed by atoms with van der Waals surface area (Å²) >= 11 is 0. The van der Waals surface area contributed by atoms with Crippen LogP contribution in [-0.2, 0) is 14.6 Å². The number of sulfone groups is 1. The fourth-order valence-corrected chi connectivity index (χ4v) is 3.41. The highest BCUT2D eigenvalue weighted by molar-refractivity contribution is 7.91. The lowest BCUT2D eigenvalue weighted by Crippen LogP contribution is -2.22. The lowest BCUT2D eigenvalue weighted by Gasteiger charge is -2.14. The quantitative estimate of drug-likeness (QED) is 0.754. The van der Waals surface area contributed by atoms with Crippen LogP contribution < -0.4 is 4.74 Å². The molecule has 0 radical (unpaired) electrons. The number of unbranched alkanes of at least 4 members (excludes halogenated alkanes) is 1. The van der Waals surface area contributed by atoms with Gasteiger partial charge in [0.1, 0.15) is 16.3 Å². The molecule has 0 atom stereocenters. The van der Waals surface area contributed by atoms with Crippen LogP contribution in [0.25, 0.3) is 0 Å². The molecule has 0 saturated heterocycles. The summed E-state index contributed by atoms with van der Waals surface area (Å²) in [6, 6.07) is 1.23. The first-order valence-corrected chi connectivity index (χ1v) is 8.28. The van der Waals surface area contributed by atoms with Gasteiger partial charge in [0.2, 0.25) is 0 Å². The van der Waals surface area contributed by atoms with E-state index in [1.54, 1.807) is 0 Å². The van der Waals surface area contributed by atoms with E-state index in [9.17, 15) is 12.8 Å². The van der Waals surface area contributed by atoms with E-state index in [4.69, 9.17) is 4.74 Å². The van der Waals surface area contributed by atoms with E-state index in [1.807, 2.05) is 6.92 Å². The van der Waals surface area contributed by atoms with Crippen LogP contribution in [0.5, 0.6) is 5.75 Å². The number of hydrogen-bond donors (Lipinski definition) is 0. The molecule has 1 aromatic rings. The molecule has 1 fully saturated rings. The molecule has 0 N–H and O–H groups in total. The van der Waals surface area contributed by atoms with Gasteiger partial charge in [0.25, 0.3) is 0 Å². The maximum atomic E-state index is 14.0. The molecule has 1 heterocycles. The molecule has 1 aliphatic rings. The van der Waals surface area contributed by atoms with Crippen molar-refractivity contribution in [2.45, 2.75) is 37.4 Å². The van der Waals surface area contributed by atoms with Gasteiger partial charge in [-0.3, -0.25) is 4.98 Å². The predicted molar refractivity (Wildman–Crippen MR) is 70.4 cm³/mol. The third-order valence-corrected chi connectivity index (χ3v) is 5.45. The van der Waals surface area contributed by atoms with Crippen LogP contribution >= 0.6 is 0 Å². The first-order chi connectivity index (χ1) is 8.90. The predicted octanol–water partition coefficient (Wildman–Crippen LogP) is 2.43. The van der Waals surface area contributed by atoms with Crippen LogP contribution in [0.15, 0.2) is 12.3 Å². The zero-order valence-corrected chi connectivity index (χ0v) is 12.0. The van der Waals surface area contributed by atoms with Crippen LogP contribution in [0.4, 0.5) is 4.39 Å². The average molecular weight is 287 g/mol. The molecule has 0 aliphatic heterocycles. The molecule has 1 aromatic heterocycles. The Kier molecular flexibility index (Phi) is 3.80. The van der Waals surface area contributed by atoms with Gasteiger partial charge in [-0.1, -0.05) is 13.3 Å². The van der Waals surface area contributed by atoms with Crippen molar-refractivity contribution in [1.82, 2.24) is 4.98 Å². The summed E-state index contributed by atoms with van der Waals surface area (Å²) in [5, 5.41) is 0. The Balaban J connectivity index is 2.21. The Morgan fingerprint density at radius 2 is 2.16 bits per heavy atom. The summed E-state index contributed by atoms with van der Waals surface area (Å²) in [6.07, 6.45) is 5.28. The van der Waals surface area contributed by atoms with Crippen LogP contribution in [0, 0.1) is 5.82 Å². The van der Waals surface area contributed by atoms with E-state index in [0.29, 0.717) is 25.2 Å². The topological polar surface area (TPSA) is 56.3 Å². The Labute approximate surface area is 112 Å². The second-order valence-corrected chi connectivity index (χ2v) is 7.30. The fraction of sp³-hybridized carbons (Fsp3) is 0.615. The zero-order valence-electron chi connectivity index (χ0n) is 11.1. The van der Waals surface area contributed by atoms with Crippen LogP contribution in [0.1, 0.15) is 38.3 Å². The van der Waals surface area contributed by atoms with Gasteiger partial charge in [-0.25, -0.2) is 12.8 Å². The molecule has 1 aliphatic carbocycles. The highest BCUT2D eigenvalue weighted by Crippen LogP contribution is 2.52. The average Bonchev–Trinajstić information content (AvgIpc) is 3.10. The van der Waals surface area contributed by atoms with Crippen LogP contribution in [-0.4, -0.2) is 26.3 Å². The van der Waals surface area contributed by atoms with E-state index >= 15 is 0 Å². The van der Waals surface area contributed by atoms with Gasteiger partial charge in [0.15, 0.2) is 9.84 Å². The van der Waals surface area contributed by atoms with Gasteiger partial charge >= 0.3 is 0 Å². The van der Waals surface area contributed by atoms with Crippen molar-refractivity contribution in [3.63, 3.8) is 0 Å². The summed E-state index contributed by atoms with van der Waals surface area (Å²) in [4.78, 5) is 3.98. The summed E-state index contributed by atoms with van der Waals surface area (Å²) < 4.78 is 41.7. The third kappa shape index (κ3) is 2.73. The molecule has 19 heavy (non-hydrogen) atoms. The van der Waals surface area contributed by atoms with Crippen LogP contribution in [0.2, 0.25) is 0 Å². The molecule has 0 spiro atoms. The molecule has 0 unspecified atom stereocenters. The smallest absolute Gasteiger partial charge is 0.158 e. The molecular weight excluding hydrogens is 269 g/mol. The molecule has 106 valence electrons. The number of aromatic nitrogens is 1. The second-order valence-electron chi connectivity index (χ2n) is 4.97. The highest BCUT2D eigenvalue weighted by Gasteiger charge is 2.56. The molecule has 0 bridgehead atoms. The molecular formula is C13H18FNO3S. The minimum Gasteiger partial charge on any atom is -0.492 e. The maximum Gasteiger partial charge on any atom is 0.158 e. The van der Waals surface area contributed by atoms with E-state index < -0.39 is 20.4 Å². The van der Waals surface area contributed by atoms with E-state index in [0.717, 1.165) is 19.1 Å². The highest BCUT2D eigenvalue weighted by atomic mass is 32.2. The van der Waals surface area contributed by atoms with Gasteiger partial charge in [-0.05, 0) is 19.3 Å². The minimum atomic E-state index is -3.34. The van der Waals surface area contributed by atoms with E-state index in [1.165, 1.54) is 12.3 Å². The lowest BCUT2D eigenvalue weighted by molar-refractivity contribution is 0.306. The van der Waals surface area contributed by atoms with Crippen molar-refractivity contribution in [3.8, 4) is 5.75 Å². The number of rotatable bonds is 6. The SMILES string of the molecule is CCCCOc1cnc(C2(S(C)(=O)=O)CC2)c(F)c1. The fourth-order valence-electron chi connectivity index (χ4n) is 2.07. The summed E-state index contributed by atoms with van der Waals surface area (Å²) in [7, 11) is -3.34. The largest absolute Gasteiger partial charge is 0.492 e. The monoisotopic (exact) mass is 287 g/mol. The van der Waals surface area contributed by atoms with Crippen molar-refractivity contribution >= 4 is 9.84 Å². The second kappa shape index (κ2) is 5.07. The molecule has 0 aromatic carbocycles. The number of halogens is 1. The normalized spacial score (nSPS) is 17.2. The van der Waals surface area contributed by atoms with Crippen molar-refractivity contribution in [2.75, 3.05) is 12.9 Å². The van der Waals surface area contributed by atoms with Crippen molar-refractivity contribution in [1.29, 1.82) is 0 Å². The molecule has 1 saturated carbocycles. The van der Waals surface area contributed by atoms with Crippen molar-refractivity contribution < 1.29 is 17.5 Å². The van der Waals surface area contributed by atoms with Gasteiger partial charge in [0, 0.05) is 12.3 Å². The van der Waals surface area contributed by atoms with Crippen molar-refractivity contribution in [3.05, 3.63) is 23.8 Å². The van der Waals surface area contributed by atoms with E-state index in [2.05, 4.69) is 4.98 Å². The summed E-state index contributed by atoms with van der Waals surface area (Å²) in [6.45, 7) is 2.54. The van der Waals surface area contributed by atoms with Gasteiger partial charge in [-0.15, -0.1) is 0 Å². The molecule has 0 amide bonds. The molecule has 6 heteroatoms. The standard InChI is InChI=1S/C13H18FNO3S/c1-3-4-7-18-10-8-11(14)12(15-9-10)13(5-6-13)19(2,16)17/h8-9H,3-7H2,1-2H3. The Morgan fingerprint density at radius 3 is 2.63 bits per heavy atom. The third-order valence-electron chi connectivity index (χ3n) is 3.43. The van der Waals surface area contributed by atoms with Crippen molar-refractivity contribution in [2.24, 2.45) is 0 Å². The summed E-state index contributed by atoms with van der Waals surface area (Å²) in [5.41, 5.74) is 0.0258. The van der Waals surface area contributed by atoms with Gasteiger partial charge in [0.05, 0.1) is 18.5 Å². The maximum absolute atomic E-state index is 14.0.